The lowest BCUT2D eigenvalue weighted by molar-refractivity contribution is -0.113. The fourth-order valence-electron chi connectivity index (χ4n) is 2.25. The van der Waals surface area contributed by atoms with E-state index < -0.39 is 0 Å². The van der Waals surface area contributed by atoms with Gasteiger partial charge in [0.1, 0.15) is 5.75 Å². The molecule has 4 heteroatoms. The highest BCUT2D eigenvalue weighted by atomic mass is 32.2. The molecule has 0 bridgehead atoms. The Bertz CT molecular complexity index is 608. The minimum absolute atomic E-state index is 0.0384. The molecule has 0 unspecified atom stereocenters. The third-order valence-electron chi connectivity index (χ3n) is 3.19. The van der Waals surface area contributed by atoms with Gasteiger partial charge < -0.3 is 10.1 Å². The summed E-state index contributed by atoms with van der Waals surface area (Å²) in [7, 11) is 0. The first-order valence-corrected chi connectivity index (χ1v) is 8.93. The predicted octanol–water partition coefficient (Wildman–Crippen LogP) is 4.44. The zero-order valence-electron chi connectivity index (χ0n) is 13.7. The van der Waals surface area contributed by atoms with Crippen molar-refractivity contribution < 1.29 is 9.53 Å². The first kappa shape index (κ1) is 17.4. The second kappa shape index (κ2) is 9.26. The van der Waals surface area contributed by atoms with Crippen molar-refractivity contribution in [1.29, 1.82) is 0 Å². The van der Waals surface area contributed by atoms with E-state index in [1.54, 1.807) is 11.8 Å². The number of anilines is 1. The van der Waals surface area contributed by atoms with E-state index in [9.17, 15) is 4.79 Å². The van der Waals surface area contributed by atoms with Crippen LogP contribution >= 0.6 is 11.8 Å². The van der Waals surface area contributed by atoms with E-state index >= 15 is 0 Å². The molecule has 0 aliphatic heterocycles. The molecule has 0 spiro atoms. The molecule has 0 saturated carbocycles. The molecule has 2 aromatic rings. The molecule has 0 aliphatic rings. The summed E-state index contributed by atoms with van der Waals surface area (Å²) in [4.78, 5) is 11.8. The van der Waals surface area contributed by atoms with Crippen molar-refractivity contribution in [3.8, 4) is 5.75 Å². The molecule has 0 aliphatic carbocycles. The maximum absolute atomic E-state index is 11.8. The van der Waals surface area contributed by atoms with Crippen LogP contribution in [0.5, 0.6) is 5.75 Å². The summed E-state index contributed by atoms with van der Waals surface area (Å²) in [6.07, 6.45) is 0.927. The Hall–Kier alpha value is -1.94. The highest BCUT2D eigenvalue weighted by Crippen LogP contribution is 2.16. The van der Waals surface area contributed by atoms with Crippen molar-refractivity contribution >= 4 is 23.4 Å². The third-order valence-corrected chi connectivity index (χ3v) is 4.23. The first-order valence-electron chi connectivity index (χ1n) is 7.77. The van der Waals surface area contributed by atoms with Gasteiger partial charge in [0, 0.05) is 5.69 Å². The van der Waals surface area contributed by atoms with Crippen LogP contribution in [-0.4, -0.2) is 24.0 Å². The summed E-state index contributed by atoms with van der Waals surface area (Å²) in [5, 5.41) is 2.88. The standard InChI is InChI=1S/C19H23NO2S/c1-15-11-16(2)13-18(12-15)22-9-6-10-23-14-19(21)20-17-7-4-3-5-8-17/h3-5,7-8,11-13H,6,9-10,14H2,1-2H3,(H,20,21). The van der Waals surface area contributed by atoms with Crippen molar-refractivity contribution in [1.82, 2.24) is 0 Å². The highest BCUT2D eigenvalue weighted by Gasteiger charge is 2.02. The Morgan fingerprint density at radius 1 is 1.09 bits per heavy atom. The Morgan fingerprint density at radius 2 is 1.78 bits per heavy atom. The number of aryl methyl sites for hydroxylation is 2. The fourth-order valence-corrected chi connectivity index (χ4v) is 2.97. The molecule has 1 N–H and O–H groups in total. The summed E-state index contributed by atoms with van der Waals surface area (Å²) < 4.78 is 5.76. The van der Waals surface area contributed by atoms with Crippen molar-refractivity contribution in [3.63, 3.8) is 0 Å². The summed E-state index contributed by atoms with van der Waals surface area (Å²) >= 11 is 1.63. The van der Waals surface area contributed by atoms with E-state index in [-0.39, 0.29) is 5.91 Å². The number of nitrogens with one attached hydrogen (secondary N) is 1. The number of ether oxygens (including phenoxy) is 1. The van der Waals surface area contributed by atoms with Gasteiger partial charge in [0.15, 0.2) is 0 Å². The van der Waals surface area contributed by atoms with Crippen LogP contribution in [-0.2, 0) is 4.79 Å². The lowest BCUT2D eigenvalue weighted by Crippen LogP contribution is -2.14. The van der Waals surface area contributed by atoms with Gasteiger partial charge in [-0.25, -0.2) is 0 Å². The Balaban J connectivity index is 1.58. The summed E-state index contributed by atoms with van der Waals surface area (Å²) in [6, 6.07) is 15.8. The zero-order valence-corrected chi connectivity index (χ0v) is 14.5. The second-order valence-electron chi connectivity index (χ2n) is 5.49. The summed E-state index contributed by atoms with van der Waals surface area (Å²) in [5.74, 6) is 2.34. The lowest BCUT2D eigenvalue weighted by Gasteiger charge is -2.08. The van der Waals surface area contributed by atoms with Gasteiger partial charge in [-0.15, -0.1) is 0 Å². The maximum atomic E-state index is 11.8. The molecule has 0 atom stereocenters. The van der Waals surface area contributed by atoms with Gasteiger partial charge in [-0.1, -0.05) is 24.3 Å². The van der Waals surface area contributed by atoms with Crippen LogP contribution in [0.3, 0.4) is 0 Å². The molecule has 0 saturated heterocycles. The summed E-state index contributed by atoms with van der Waals surface area (Å²) in [5.41, 5.74) is 3.27. The van der Waals surface area contributed by atoms with Gasteiger partial charge in [-0.3, -0.25) is 4.79 Å². The van der Waals surface area contributed by atoms with Crippen molar-refractivity contribution in [2.75, 3.05) is 23.4 Å². The van der Waals surface area contributed by atoms with Crippen LogP contribution in [0.1, 0.15) is 17.5 Å². The summed E-state index contributed by atoms with van der Waals surface area (Å²) in [6.45, 7) is 4.82. The highest BCUT2D eigenvalue weighted by molar-refractivity contribution is 7.99. The van der Waals surface area contributed by atoms with Gasteiger partial charge in [0.2, 0.25) is 5.91 Å². The van der Waals surface area contributed by atoms with Crippen molar-refractivity contribution in [3.05, 3.63) is 59.7 Å². The number of hydrogen-bond donors (Lipinski definition) is 1. The molecule has 122 valence electrons. The number of para-hydroxylation sites is 1. The number of carbonyl (C=O) groups excluding carboxylic acids is 1. The predicted molar refractivity (Wildman–Crippen MR) is 98.4 cm³/mol. The molecule has 1 amide bonds. The van der Waals surface area contributed by atoms with E-state index in [0.717, 1.165) is 23.6 Å². The van der Waals surface area contributed by atoms with E-state index in [4.69, 9.17) is 4.74 Å². The number of amides is 1. The maximum Gasteiger partial charge on any atom is 0.234 e. The monoisotopic (exact) mass is 329 g/mol. The lowest BCUT2D eigenvalue weighted by atomic mass is 10.1. The van der Waals surface area contributed by atoms with Gasteiger partial charge in [0.25, 0.3) is 0 Å². The first-order chi connectivity index (χ1) is 11.1. The van der Waals surface area contributed by atoms with E-state index in [1.807, 2.05) is 42.5 Å². The normalized spacial score (nSPS) is 10.3. The topological polar surface area (TPSA) is 38.3 Å². The van der Waals surface area contributed by atoms with Crippen LogP contribution < -0.4 is 10.1 Å². The molecule has 23 heavy (non-hydrogen) atoms. The molecule has 0 radical (unpaired) electrons. The van der Waals surface area contributed by atoms with Crippen LogP contribution in [0.4, 0.5) is 5.69 Å². The zero-order chi connectivity index (χ0) is 16.5. The average Bonchev–Trinajstić information content (AvgIpc) is 2.51. The number of benzene rings is 2. The molecule has 0 fully saturated rings. The molecule has 2 aromatic carbocycles. The average molecular weight is 329 g/mol. The fraction of sp³-hybridized carbons (Fsp3) is 0.316. The molecular weight excluding hydrogens is 306 g/mol. The van der Waals surface area contributed by atoms with E-state index in [0.29, 0.717) is 12.4 Å². The Morgan fingerprint density at radius 3 is 2.48 bits per heavy atom. The number of rotatable bonds is 8. The van der Waals surface area contributed by atoms with Crippen LogP contribution in [0.2, 0.25) is 0 Å². The van der Waals surface area contributed by atoms with Crippen LogP contribution in [0.15, 0.2) is 48.5 Å². The minimum Gasteiger partial charge on any atom is -0.494 e. The second-order valence-corrected chi connectivity index (χ2v) is 6.60. The molecule has 0 aromatic heterocycles. The van der Waals surface area contributed by atoms with Crippen molar-refractivity contribution in [2.45, 2.75) is 20.3 Å². The smallest absolute Gasteiger partial charge is 0.234 e. The SMILES string of the molecule is Cc1cc(C)cc(OCCCSCC(=O)Nc2ccccc2)c1. The van der Waals surface area contributed by atoms with Gasteiger partial charge >= 0.3 is 0 Å². The Kier molecular flexibility index (Phi) is 7.01. The quantitative estimate of drug-likeness (QED) is 0.727. The minimum atomic E-state index is 0.0384. The van der Waals surface area contributed by atoms with Gasteiger partial charge in [0.05, 0.1) is 12.4 Å². The van der Waals surface area contributed by atoms with E-state index in [1.165, 1.54) is 11.1 Å². The van der Waals surface area contributed by atoms with E-state index in [2.05, 4.69) is 25.2 Å². The molecular formula is C19H23NO2S. The van der Waals surface area contributed by atoms with Gasteiger partial charge in [-0.05, 0) is 61.4 Å². The van der Waals surface area contributed by atoms with Crippen molar-refractivity contribution in [2.24, 2.45) is 0 Å². The van der Waals surface area contributed by atoms with Crippen LogP contribution in [0.25, 0.3) is 0 Å². The largest absolute Gasteiger partial charge is 0.494 e. The van der Waals surface area contributed by atoms with Crippen LogP contribution in [0, 0.1) is 13.8 Å². The van der Waals surface area contributed by atoms with Gasteiger partial charge in [-0.2, -0.15) is 11.8 Å². The number of thioether (sulfide) groups is 1. The number of hydrogen-bond acceptors (Lipinski definition) is 3. The molecule has 3 nitrogen and oxygen atoms in total. The molecule has 2 rings (SSSR count). The number of carbonyl (C=O) groups is 1. The molecule has 0 heterocycles. The Labute approximate surface area is 142 Å². The third kappa shape index (κ3) is 6.78.